The van der Waals surface area contributed by atoms with Crippen LogP contribution in [0.15, 0.2) is 12.1 Å². The van der Waals surface area contributed by atoms with Crippen molar-refractivity contribution in [3.63, 3.8) is 0 Å². The average Bonchev–Trinajstić information content (AvgIpc) is 2.29. The second kappa shape index (κ2) is 6.02. The molecule has 16 heavy (non-hydrogen) atoms. The number of rotatable bonds is 5. The number of aromatic nitrogens is 2. The molecule has 0 saturated heterocycles. The molecular weight excluding hydrogens is 208 g/mol. The molecule has 0 radical (unpaired) electrons. The Morgan fingerprint density at radius 1 is 1.44 bits per heavy atom. The summed E-state index contributed by atoms with van der Waals surface area (Å²) in [6.45, 7) is 2.80. The van der Waals surface area contributed by atoms with E-state index in [-0.39, 0.29) is 24.0 Å². The first-order valence-corrected chi connectivity index (χ1v) is 5.18. The number of aliphatic hydroxyl groups excluding tert-OH is 1. The van der Waals surface area contributed by atoms with Crippen LogP contribution in [0.2, 0.25) is 0 Å². The third-order valence-electron chi connectivity index (χ3n) is 2.05. The average molecular weight is 224 g/mol. The van der Waals surface area contributed by atoms with Crippen LogP contribution in [0.5, 0.6) is 0 Å². The lowest BCUT2D eigenvalue weighted by molar-refractivity contribution is 0.0715. The van der Waals surface area contributed by atoms with Gasteiger partial charge >= 0.3 is 0 Å². The van der Waals surface area contributed by atoms with Crippen LogP contribution in [0.4, 0.5) is 5.82 Å². The molecule has 6 heteroatoms. The zero-order valence-electron chi connectivity index (χ0n) is 9.26. The van der Waals surface area contributed by atoms with E-state index in [9.17, 15) is 4.79 Å². The van der Waals surface area contributed by atoms with Gasteiger partial charge in [0.1, 0.15) is 5.82 Å². The van der Waals surface area contributed by atoms with Crippen molar-refractivity contribution in [3.8, 4) is 0 Å². The summed E-state index contributed by atoms with van der Waals surface area (Å²) >= 11 is 0. The molecule has 1 rings (SSSR count). The number of nitrogens with zero attached hydrogens (tertiary/aromatic N) is 3. The second-order valence-electron chi connectivity index (χ2n) is 3.36. The summed E-state index contributed by atoms with van der Waals surface area (Å²) in [7, 11) is 0. The van der Waals surface area contributed by atoms with Crippen molar-refractivity contribution in [1.82, 2.24) is 15.1 Å². The van der Waals surface area contributed by atoms with Gasteiger partial charge in [0.2, 0.25) is 0 Å². The molecule has 0 aliphatic heterocycles. The van der Waals surface area contributed by atoms with Crippen LogP contribution in [-0.4, -0.2) is 45.8 Å². The topological polar surface area (TPSA) is 92.3 Å². The predicted molar refractivity (Wildman–Crippen MR) is 59.7 cm³/mol. The molecule has 0 aliphatic carbocycles. The zero-order valence-corrected chi connectivity index (χ0v) is 9.26. The van der Waals surface area contributed by atoms with Crippen LogP contribution in [0.3, 0.4) is 0 Å². The number of amides is 1. The van der Waals surface area contributed by atoms with Crippen molar-refractivity contribution in [2.24, 2.45) is 0 Å². The fourth-order valence-electron chi connectivity index (χ4n) is 1.32. The number of hydrogen-bond donors (Lipinski definition) is 2. The lowest BCUT2D eigenvalue weighted by atomic mass is 10.3. The molecule has 6 nitrogen and oxygen atoms in total. The number of carbonyl (C=O) groups excluding carboxylic acids is 1. The van der Waals surface area contributed by atoms with Gasteiger partial charge in [-0.25, -0.2) is 0 Å². The normalized spacial score (nSPS) is 10.1. The maximum atomic E-state index is 11.9. The molecule has 1 aromatic heterocycles. The van der Waals surface area contributed by atoms with Gasteiger partial charge in [0.25, 0.3) is 5.91 Å². The van der Waals surface area contributed by atoms with Crippen LogP contribution >= 0.6 is 0 Å². The summed E-state index contributed by atoms with van der Waals surface area (Å²) in [5, 5.41) is 16.2. The quantitative estimate of drug-likeness (QED) is 0.728. The Morgan fingerprint density at radius 2 is 2.19 bits per heavy atom. The fourth-order valence-corrected chi connectivity index (χ4v) is 1.32. The van der Waals surface area contributed by atoms with Gasteiger partial charge in [-0.1, -0.05) is 6.92 Å². The molecule has 0 atom stereocenters. The maximum absolute atomic E-state index is 11.9. The molecule has 0 saturated carbocycles. The Kier molecular flexibility index (Phi) is 4.65. The van der Waals surface area contributed by atoms with E-state index < -0.39 is 0 Å². The number of aliphatic hydroxyl groups is 1. The minimum Gasteiger partial charge on any atom is -0.395 e. The third kappa shape index (κ3) is 3.16. The molecule has 1 aromatic rings. The zero-order chi connectivity index (χ0) is 12.0. The number of nitrogens with two attached hydrogens (primary N) is 1. The van der Waals surface area contributed by atoms with Gasteiger partial charge in [0.15, 0.2) is 5.69 Å². The summed E-state index contributed by atoms with van der Waals surface area (Å²) < 4.78 is 0. The summed E-state index contributed by atoms with van der Waals surface area (Å²) in [4.78, 5) is 13.4. The van der Waals surface area contributed by atoms with Gasteiger partial charge in [-0.2, -0.15) is 0 Å². The molecule has 1 amide bonds. The summed E-state index contributed by atoms with van der Waals surface area (Å²) in [6.07, 6.45) is 0.828. The minimum absolute atomic E-state index is 0.0614. The number of hydrogen-bond acceptors (Lipinski definition) is 5. The highest BCUT2D eigenvalue weighted by atomic mass is 16.3. The van der Waals surface area contributed by atoms with Gasteiger partial charge < -0.3 is 15.7 Å². The first-order valence-electron chi connectivity index (χ1n) is 5.18. The van der Waals surface area contributed by atoms with Gasteiger partial charge in [-0.3, -0.25) is 4.79 Å². The van der Waals surface area contributed by atoms with Crippen LogP contribution < -0.4 is 5.73 Å². The van der Waals surface area contributed by atoms with Crippen molar-refractivity contribution < 1.29 is 9.90 Å². The summed E-state index contributed by atoms with van der Waals surface area (Å²) in [5.74, 6) is 0.0455. The molecule has 0 spiro atoms. The summed E-state index contributed by atoms with van der Waals surface area (Å²) in [5.41, 5.74) is 5.63. The molecule has 1 heterocycles. The van der Waals surface area contributed by atoms with E-state index in [0.717, 1.165) is 6.42 Å². The van der Waals surface area contributed by atoms with E-state index in [0.29, 0.717) is 13.1 Å². The first-order chi connectivity index (χ1) is 7.69. The van der Waals surface area contributed by atoms with E-state index in [2.05, 4.69) is 10.2 Å². The lowest BCUT2D eigenvalue weighted by Gasteiger charge is -2.20. The summed E-state index contributed by atoms with van der Waals surface area (Å²) in [6, 6.07) is 3.06. The standard InChI is InChI=1S/C10H16N4O2/c1-2-5-14(6-7-15)10(16)8-3-4-9(11)13-12-8/h3-4,15H,2,5-7H2,1H3,(H2,11,13). The molecule has 0 fully saturated rings. The van der Waals surface area contributed by atoms with Crippen molar-refractivity contribution in [2.75, 3.05) is 25.4 Å². The highest BCUT2D eigenvalue weighted by molar-refractivity contribution is 5.92. The highest BCUT2D eigenvalue weighted by Crippen LogP contribution is 2.03. The van der Waals surface area contributed by atoms with Crippen molar-refractivity contribution >= 4 is 11.7 Å². The number of nitrogen functional groups attached to an aromatic ring is 1. The minimum atomic E-state index is -0.233. The Hall–Kier alpha value is -1.69. The van der Waals surface area contributed by atoms with E-state index in [1.54, 1.807) is 4.90 Å². The molecule has 88 valence electrons. The molecule has 0 bridgehead atoms. The molecule has 0 aromatic carbocycles. The van der Waals surface area contributed by atoms with Crippen LogP contribution in [0.25, 0.3) is 0 Å². The Morgan fingerprint density at radius 3 is 2.69 bits per heavy atom. The van der Waals surface area contributed by atoms with Crippen LogP contribution in [0, 0.1) is 0 Å². The van der Waals surface area contributed by atoms with Gasteiger partial charge in [-0.15, -0.1) is 10.2 Å². The smallest absolute Gasteiger partial charge is 0.274 e. The number of carbonyl (C=O) groups is 1. The van der Waals surface area contributed by atoms with Gasteiger partial charge in [0, 0.05) is 13.1 Å². The Labute approximate surface area is 94.1 Å². The molecule has 3 N–H and O–H groups in total. The van der Waals surface area contributed by atoms with Gasteiger partial charge in [-0.05, 0) is 18.6 Å². The third-order valence-corrected chi connectivity index (χ3v) is 2.05. The lowest BCUT2D eigenvalue weighted by Crippen LogP contribution is -2.34. The first kappa shape index (κ1) is 12.4. The van der Waals surface area contributed by atoms with E-state index in [1.807, 2.05) is 6.92 Å². The second-order valence-corrected chi connectivity index (χ2v) is 3.36. The SMILES string of the molecule is CCCN(CCO)C(=O)c1ccc(N)nn1. The van der Waals surface area contributed by atoms with Gasteiger partial charge in [0.05, 0.1) is 6.61 Å². The van der Waals surface area contributed by atoms with E-state index >= 15 is 0 Å². The maximum Gasteiger partial charge on any atom is 0.274 e. The van der Waals surface area contributed by atoms with Crippen LogP contribution in [-0.2, 0) is 0 Å². The van der Waals surface area contributed by atoms with Crippen molar-refractivity contribution in [3.05, 3.63) is 17.8 Å². The van der Waals surface area contributed by atoms with E-state index in [4.69, 9.17) is 10.8 Å². The molecular formula is C10H16N4O2. The predicted octanol–water partition coefficient (Wildman–Crippen LogP) is -0.0967. The molecule has 0 unspecified atom stereocenters. The van der Waals surface area contributed by atoms with Crippen molar-refractivity contribution in [2.45, 2.75) is 13.3 Å². The Balaban J connectivity index is 2.77. The Bertz CT molecular complexity index is 333. The van der Waals surface area contributed by atoms with Crippen LogP contribution in [0.1, 0.15) is 23.8 Å². The largest absolute Gasteiger partial charge is 0.395 e. The fraction of sp³-hybridized carbons (Fsp3) is 0.500. The monoisotopic (exact) mass is 224 g/mol. The highest BCUT2D eigenvalue weighted by Gasteiger charge is 2.15. The number of anilines is 1. The van der Waals surface area contributed by atoms with E-state index in [1.165, 1.54) is 12.1 Å². The van der Waals surface area contributed by atoms with Crippen molar-refractivity contribution in [1.29, 1.82) is 0 Å². The molecule has 0 aliphatic rings.